The molecule has 5 rings (SSSR count). The zero-order chi connectivity index (χ0) is 22.6. The summed E-state index contributed by atoms with van der Waals surface area (Å²) < 4.78 is 9.13. The number of carbonyl (C=O) groups is 1. The number of thioether (sulfide) groups is 1. The summed E-state index contributed by atoms with van der Waals surface area (Å²) >= 11 is 2.86. The number of carbonyl (C=O) groups excluding carboxylic acids is 1. The molecule has 4 heterocycles. The van der Waals surface area contributed by atoms with Crippen LogP contribution in [0.15, 0.2) is 34.2 Å². The van der Waals surface area contributed by atoms with E-state index in [1.807, 2.05) is 24.3 Å². The molecule has 7 nitrogen and oxygen atoms in total. The van der Waals surface area contributed by atoms with Gasteiger partial charge in [-0.2, -0.15) is 0 Å². The van der Waals surface area contributed by atoms with Gasteiger partial charge in [0.25, 0.3) is 5.56 Å². The Morgan fingerprint density at radius 1 is 1.21 bits per heavy atom. The van der Waals surface area contributed by atoms with E-state index in [2.05, 4.69) is 10.2 Å². The van der Waals surface area contributed by atoms with E-state index in [4.69, 9.17) is 9.72 Å². The van der Waals surface area contributed by atoms with Gasteiger partial charge in [0.05, 0.1) is 17.4 Å². The topological polar surface area (TPSA) is 76.5 Å². The van der Waals surface area contributed by atoms with Gasteiger partial charge in [0.15, 0.2) is 5.16 Å². The number of nitrogens with zero attached hydrogens (tertiary/aromatic N) is 3. The number of fused-ring (bicyclic) bond motifs is 3. The molecule has 1 atom stereocenters. The summed E-state index contributed by atoms with van der Waals surface area (Å²) in [5, 5.41) is 4.60. The summed E-state index contributed by atoms with van der Waals surface area (Å²) in [6, 6.07) is 8.01. The van der Waals surface area contributed by atoms with Crippen LogP contribution < -0.4 is 10.9 Å². The molecule has 1 N–H and O–H groups in total. The number of nitrogens with one attached hydrogen (secondary N) is 1. The van der Waals surface area contributed by atoms with Crippen molar-refractivity contribution in [2.24, 2.45) is 0 Å². The number of rotatable bonds is 9. The molecule has 0 bridgehead atoms. The molecule has 176 valence electrons. The summed E-state index contributed by atoms with van der Waals surface area (Å²) in [5.41, 5.74) is 0.753. The molecule has 33 heavy (non-hydrogen) atoms. The Kier molecular flexibility index (Phi) is 7.30. The Balaban J connectivity index is 1.35. The average Bonchev–Trinajstić information content (AvgIpc) is 3.59. The third-order valence-electron chi connectivity index (χ3n) is 6.39. The van der Waals surface area contributed by atoms with Crippen molar-refractivity contribution in [2.75, 3.05) is 38.5 Å². The van der Waals surface area contributed by atoms with Crippen molar-refractivity contribution in [1.29, 1.82) is 0 Å². The lowest BCUT2D eigenvalue weighted by atomic mass is 10.2. The van der Waals surface area contributed by atoms with Crippen molar-refractivity contribution in [3.05, 3.63) is 34.6 Å². The molecule has 2 aromatic heterocycles. The second-order valence-corrected chi connectivity index (χ2v) is 10.8. The summed E-state index contributed by atoms with van der Waals surface area (Å²) in [5.74, 6) is 0.183. The highest BCUT2D eigenvalue weighted by atomic mass is 32.2. The van der Waals surface area contributed by atoms with Gasteiger partial charge in [-0.1, -0.05) is 30.0 Å². The average molecular weight is 487 g/mol. The molecule has 0 spiro atoms. The van der Waals surface area contributed by atoms with Gasteiger partial charge in [-0.3, -0.25) is 14.2 Å². The molecular formula is C24H30N4O3S2. The summed E-state index contributed by atoms with van der Waals surface area (Å²) in [6.45, 7) is 5.22. The summed E-state index contributed by atoms with van der Waals surface area (Å²) in [7, 11) is 0. The van der Waals surface area contributed by atoms with Crippen LogP contribution in [0.25, 0.3) is 20.3 Å². The predicted molar refractivity (Wildman–Crippen MR) is 134 cm³/mol. The van der Waals surface area contributed by atoms with Crippen molar-refractivity contribution in [2.45, 2.75) is 49.9 Å². The third kappa shape index (κ3) is 5.26. The largest absolute Gasteiger partial charge is 0.376 e. The number of likely N-dealkylation sites (tertiary alicyclic amines) is 1. The first kappa shape index (κ1) is 22.8. The van der Waals surface area contributed by atoms with Crippen LogP contribution in [0.3, 0.4) is 0 Å². The zero-order valence-corrected chi connectivity index (χ0v) is 20.4. The Morgan fingerprint density at radius 2 is 2.06 bits per heavy atom. The molecule has 2 saturated heterocycles. The molecule has 0 saturated carbocycles. The Labute approximate surface area is 201 Å². The fraction of sp³-hybridized carbons (Fsp3) is 0.542. The lowest BCUT2D eigenvalue weighted by molar-refractivity contribution is -0.119. The van der Waals surface area contributed by atoms with Gasteiger partial charge in [-0.25, -0.2) is 4.98 Å². The van der Waals surface area contributed by atoms with E-state index in [1.54, 1.807) is 4.57 Å². The van der Waals surface area contributed by atoms with E-state index in [9.17, 15) is 9.59 Å². The maximum Gasteiger partial charge on any atom is 0.272 e. The quantitative estimate of drug-likeness (QED) is 0.369. The SMILES string of the molecule is O=C(CSc1nc2c(sc3ccccc32)c(=O)n1CCCN1CCCC1)NC[C@@H]1CCCO1. The maximum atomic E-state index is 13.5. The van der Waals surface area contributed by atoms with Crippen molar-refractivity contribution in [3.63, 3.8) is 0 Å². The molecule has 2 aliphatic heterocycles. The van der Waals surface area contributed by atoms with Crippen LogP contribution in [0.5, 0.6) is 0 Å². The Bertz CT molecular complexity index is 1180. The highest BCUT2D eigenvalue weighted by molar-refractivity contribution is 7.99. The molecule has 1 aromatic carbocycles. The first-order valence-electron chi connectivity index (χ1n) is 11.8. The molecule has 2 fully saturated rings. The van der Waals surface area contributed by atoms with Crippen LogP contribution >= 0.6 is 23.1 Å². The molecule has 1 amide bonds. The lowest BCUT2D eigenvalue weighted by Gasteiger charge is -2.16. The minimum absolute atomic E-state index is 0.00452. The number of amides is 1. The van der Waals surface area contributed by atoms with Crippen LogP contribution in [0.1, 0.15) is 32.1 Å². The van der Waals surface area contributed by atoms with E-state index in [0.717, 1.165) is 61.1 Å². The van der Waals surface area contributed by atoms with Crippen LogP contribution in [-0.2, 0) is 16.1 Å². The number of hydrogen-bond donors (Lipinski definition) is 1. The number of ether oxygens (including phenoxy) is 1. The van der Waals surface area contributed by atoms with Crippen LogP contribution in [0, 0.1) is 0 Å². The lowest BCUT2D eigenvalue weighted by Crippen LogP contribution is -2.33. The van der Waals surface area contributed by atoms with Crippen LogP contribution in [0.2, 0.25) is 0 Å². The van der Waals surface area contributed by atoms with Gasteiger partial charge < -0.3 is 15.0 Å². The van der Waals surface area contributed by atoms with E-state index < -0.39 is 0 Å². The number of aromatic nitrogens is 2. The smallest absolute Gasteiger partial charge is 0.272 e. The van der Waals surface area contributed by atoms with E-state index in [1.165, 1.54) is 35.9 Å². The van der Waals surface area contributed by atoms with Gasteiger partial charge in [-0.15, -0.1) is 11.3 Å². The normalized spacial score (nSPS) is 19.1. The molecule has 0 radical (unpaired) electrons. The predicted octanol–water partition coefficient (Wildman–Crippen LogP) is 3.48. The second kappa shape index (κ2) is 10.5. The third-order valence-corrected chi connectivity index (χ3v) is 8.51. The van der Waals surface area contributed by atoms with Gasteiger partial charge in [0, 0.05) is 29.8 Å². The molecule has 0 unspecified atom stereocenters. The van der Waals surface area contributed by atoms with Gasteiger partial charge in [-0.05, 0) is 57.8 Å². The first-order chi connectivity index (χ1) is 16.2. The van der Waals surface area contributed by atoms with Crippen molar-refractivity contribution in [1.82, 2.24) is 19.8 Å². The van der Waals surface area contributed by atoms with Crippen LogP contribution in [0.4, 0.5) is 0 Å². The minimum atomic E-state index is -0.0522. The van der Waals surface area contributed by atoms with Gasteiger partial charge in [0.1, 0.15) is 4.70 Å². The van der Waals surface area contributed by atoms with Crippen molar-refractivity contribution in [3.8, 4) is 0 Å². The van der Waals surface area contributed by atoms with Crippen molar-refractivity contribution < 1.29 is 9.53 Å². The Morgan fingerprint density at radius 3 is 2.88 bits per heavy atom. The summed E-state index contributed by atoms with van der Waals surface area (Å²) in [6.07, 6.45) is 5.59. The fourth-order valence-corrected chi connectivity index (χ4v) is 6.57. The van der Waals surface area contributed by atoms with Gasteiger partial charge >= 0.3 is 0 Å². The fourth-order valence-electron chi connectivity index (χ4n) is 4.63. The van der Waals surface area contributed by atoms with Gasteiger partial charge in [0.2, 0.25) is 5.91 Å². The Hall–Kier alpha value is -1.94. The molecule has 3 aromatic rings. The highest BCUT2D eigenvalue weighted by Gasteiger charge is 2.19. The maximum absolute atomic E-state index is 13.5. The van der Waals surface area contributed by atoms with Crippen molar-refractivity contribution >= 4 is 49.3 Å². The molecule has 2 aliphatic rings. The van der Waals surface area contributed by atoms with E-state index in [0.29, 0.717) is 22.9 Å². The zero-order valence-electron chi connectivity index (χ0n) is 18.8. The second-order valence-electron chi connectivity index (χ2n) is 8.76. The molecule has 9 heteroatoms. The van der Waals surface area contributed by atoms with E-state index >= 15 is 0 Å². The first-order valence-corrected chi connectivity index (χ1v) is 13.6. The standard InChI is InChI=1S/C24H30N4O3S2/c29-20(25-15-17-7-5-14-31-17)16-32-24-26-21-18-8-1-2-9-19(18)33-22(21)23(30)28(24)13-6-12-27-10-3-4-11-27/h1-2,8-9,17H,3-7,10-16H2,(H,25,29)/t17-/m0/s1. The summed E-state index contributed by atoms with van der Waals surface area (Å²) in [4.78, 5) is 33.3. The number of hydrogen-bond acceptors (Lipinski definition) is 7. The molecule has 0 aliphatic carbocycles. The monoisotopic (exact) mass is 486 g/mol. The molecular weight excluding hydrogens is 456 g/mol. The number of thiophene rings is 1. The highest BCUT2D eigenvalue weighted by Crippen LogP contribution is 2.31. The van der Waals surface area contributed by atoms with E-state index in [-0.39, 0.29) is 23.3 Å². The minimum Gasteiger partial charge on any atom is -0.376 e. The van der Waals surface area contributed by atoms with Crippen LogP contribution in [-0.4, -0.2) is 65.0 Å². The number of benzene rings is 1.